The van der Waals surface area contributed by atoms with Gasteiger partial charge in [0.05, 0.1) is 0 Å². The van der Waals surface area contributed by atoms with E-state index < -0.39 is 0 Å². The maximum Gasteiger partial charge on any atom is 0.152 e. The largest absolute Gasteiger partial charge is 0.407 e. The Morgan fingerprint density at radius 2 is 0.734 bits per heavy atom. The minimum atomic E-state index is 0.349. The van der Waals surface area contributed by atoms with Gasteiger partial charge in [0.2, 0.25) is 0 Å². The summed E-state index contributed by atoms with van der Waals surface area (Å²) < 4.78 is 13.2. The summed E-state index contributed by atoms with van der Waals surface area (Å²) in [4.78, 5) is 11.7. The number of hydrogen-bond acceptors (Lipinski definition) is 3. The molecule has 0 saturated carbocycles. The first-order valence-corrected chi connectivity index (χ1v) is 17.2. The lowest BCUT2D eigenvalue weighted by Gasteiger charge is -2.09. The van der Waals surface area contributed by atoms with Gasteiger partial charge in [0.15, 0.2) is 6.29 Å². The highest BCUT2D eigenvalue weighted by Crippen LogP contribution is 2.26. The van der Waals surface area contributed by atoms with Crippen molar-refractivity contribution in [3.8, 4) is 273 Å². The predicted octanol–water partition coefficient (Wildman–Crippen LogP) is 3.51. The molecule has 64 heavy (non-hydrogen) atoms. The maximum atomic E-state index is 11.7. The van der Waals surface area contributed by atoms with E-state index in [4.69, 9.17) is 22.3 Å². The number of aldehydes is 1. The van der Waals surface area contributed by atoms with Gasteiger partial charge in [-0.3, -0.25) is 4.79 Å². The molecule has 0 bridgehead atoms. The van der Waals surface area contributed by atoms with E-state index in [1.165, 1.54) is 0 Å². The molecule has 0 unspecified atom stereocenters. The van der Waals surface area contributed by atoms with Crippen LogP contribution < -0.4 is 9.47 Å². The normalized spacial score (nSPS) is 6.22. The molecule has 3 aromatic rings. The van der Waals surface area contributed by atoms with Crippen molar-refractivity contribution in [3.05, 3.63) is 59.8 Å². The molecule has 0 saturated heterocycles. The Morgan fingerprint density at radius 3 is 1.06 bits per heavy atom. The minimum absolute atomic E-state index is 0.349. The third-order valence-corrected chi connectivity index (χ3v) is 6.07. The highest BCUT2D eigenvalue weighted by molar-refractivity contribution is 5.97. The zero-order valence-corrected chi connectivity index (χ0v) is 32.7. The number of rotatable bonds is 5. The Morgan fingerprint density at radius 1 is 0.422 bits per heavy atom. The summed E-state index contributed by atoms with van der Waals surface area (Å²) >= 11 is 0. The lowest BCUT2D eigenvalue weighted by Crippen LogP contribution is -1.99. The molecular formula is C60H13NO3. The van der Waals surface area contributed by atoms with E-state index in [0.29, 0.717) is 23.6 Å². The summed E-state index contributed by atoms with van der Waals surface area (Å²) in [6.07, 6.45) is 17.6. The highest BCUT2D eigenvalue weighted by atomic mass is 16.5. The van der Waals surface area contributed by atoms with E-state index in [9.17, 15) is 4.79 Å². The molecule has 276 valence electrons. The van der Waals surface area contributed by atoms with Crippen LogP contribution in [0.25, 0.3) is 10.9 Å². The smallest absolute Gasteiger partial charge is 0.152 e. The quantitative estimate of drug-likeness (QED) is 0.294. The number of benzene rings is 2. The molecule has 0 radical (unpaired) electrons. The molecule has 0 aliphatic carbocycles. The first-order valence-electron chi connectivity index (χ1n) is 17.2. The molecule has 0 fully saturated rings. The van der Waals surface area contributed by atoms with E-state index in [1.54, 1.807) is 24.4 Å². The second-order valence-corrected chi connectivity index (χ2v) is 10.1. The fraction of sp³-hybridized carbons (Fsp3) is 0.0167. The number of fused-ring (bicyclic) bond motifs is 1. The van der Waals surface area contributed by atoms with E-state index >= 15 is 0 Å². The van der Waals surface area contributed by atoms with Crippen LogP contribution in [-0.2, 0) is 6.54 Å². The summed E-state index contributed by atoms with van der Waals surface area (Å²) in [6, 6.07) is 12.7. The zero-order chi connectivity index (χ0) is 45.2. The monoisotopic (exact) mass is 795 g/mol. The lowest BCUT2D eigenvalue weighted by molar-refractivity contribution is 0.112. The van der Waals surface area contributed by atoms with Crippen LogP contribution in [-0.4, -0.2) is 10.9 Å². The Balaban J connectivity index is 1.65. The fourth-order valence-electron chi connectivity index (χ4n) is 3.89. The lowest BCUT2D eigenvalue weighted by atomic mass is 10.2. The molecule has 0 N–H and O–H groups in total. The Hall–Kier alpha value is -12.4. The Bertz CT molecular complexity index is 3660. The van der Waals surface area contributed by atoms with Crippen molar-refractivity contribution >= 4 is 17.2 Å². The molecule has 1 aromatic heterocycles. The van der Waals surface area contributed by atoms with Crippen LogP contribution in [0.2, 0.25) is 0 Å². The van der Waals surface area contributed by atoms with Crippen molar-refractivity contribution in [2.45, 2.75) is 6.54 Å². The number of carbonyl (C=O) groups is 1. The van der Waals surface area contributed by atoms with Crippen LogP contribution >= 0.6 is 0 Å². The number of aromatic nitrogens is 1. The molecule has 4 heteroatoms. The Kier molecular flexibility index (Phi) is 22.8. The third-order valence-electron chi connectivity index (χ3n) is 6.07. The zero-order valence-electron chi connectivity index (χ0n) is 32.7. The standard InChI is InChI=1S/C60H13NO3/c1-3-5-7-9-11-13-15-17-19-21-23-25-27-29-31-33-35-37-39-43-47-63-57-49-55(52-61-53-56(54-62)59-45-41-42-46-60(59)61)50-58(51-57)64-48-44-40-38-36-34-32-30-28-26-24-22-20-18-16-14-12-10-8-6-4-2/h1-2,41-42,45-46,49-51,53-54H,52H2. The second-order valence-electron chi connectivity index (χ2n) is 10.1. The molecule has 0 aliphatic heterocycles. The second kappa shape index (κ2) is 31.7. The van der Waals surface area contributed by atoms with E-state index in [-0.39, 0.29) is 0 Å². The molecule has 0 atom stereocenters. The molecule has 2 aromatic carbocycles. The maximum absolute atomic E-state index is 11.7. The number of para-hydroxylation sites is 1. The minimum Gasteiger partial charge on any atom is -0.407 e. The molecule has 0 spiro atoms. The first kappa shape index (κ1) is 46.0. The number of carbonyl (C=O) groups excluding carboxylic acids is 1. The van der Waals surface area contributed by atoms with Gasteiger partial charge in [-0.15, -0.1) is 12.8 Å². The average molecular weight is 796 g/mol. The van der Waals surface area contributed by atoms with Crippen molar-refractivity contribution < 1.29 is 14.3 Å². The first-order chi connectivity index (χ1) is 31.7. The summed E-state index contributed by atoms with van der Waals surface area (Å²) in [5, 5.41) is 0.829. The van der Waals surface area contributed by atoms with Gasteiger partial charge < -0.3 is 14.0 Å². The summed E-state index contributed by atoms with van der Waals surface area (Å²) in [6.45, 7) is 0.375. The summed E-state index contributed by atoms with van der Waals surface area (Å²) in [5.74, 6) is 99.9. The highest BCUT2D eigenvalue weighted by Gasteiger charge is 2.10. The summed E-state index contributed by atoms with van der Waals surface area (Å²) in [7, 11) is 0. The third kappa shape index (κ3) is 21.0. The molecule has 0 aliphatic rings. The number of terminal acetylenes is 2. The van der Waals surface area contributed by atoms with Gasteiger partial charge in [0.25, 0.3) is 0 Å². The van der Waals surface area contributed by atoms with Gasteiger partial charge in [-0.2, -0.15) is 0 Å². The summed E-state index contributed by atoms with van der Waals surface area (Å²) in [5.41, 5.74) is 2.20. The number of hydrogen-bond donors (Lipinski definition) is 0. The Labute approximate surface area is 374 Å². The van der Waals surface area contributed by atoms with Crippen molar-refractivity contribution in [2.24, 2.45) is 0 Å². The van der Waals surface area contributed by atoms with Crippen LogP contribution in [0.15, 0.2) is 48.7 Å². The van der Waals surface area contributed by atoms with Crippen LogP contribution in [0.5, 0.6) is 11.5 Å². The van der Waals surface area contributed by atoms with E-state index in [1.807, 2.05) is 28.8 Å². The van der Waals surface area contributed by atoms with Crippen molar-refractivity contribution in [3.63, 3.8) is 0 Å². The van der Waals surface area contributed by atoms with Crippen LogP contribution in [0.4, 0.5) is 0 Å². The van der Waals surface area contributed by atoms with E-state index in [0.717, 1.165) is 22.8 Å². The fourth-order valence-corrected chi connectivity index (χ4v) is 3.89. The number of nitrogens with zero attached hydrogens (tertiary/aromatic N) is 1. The van der Waals surface area contributed by atoms with Crippen LogP contribution in [0.1, 0.15) is 15.9 Å². The topological polar surface area (TPSA) is 40.5 Å². The van der Waals surface area contributed by atoms with Gasteiger partial charge in [0.1, 0.15) is 23.7 Å². The van der Waals surface area contributed by atoms with Crippen LogP contribution in [0, 0.1) is 262 Å². The van der Waals surface area contributed by atoms with Crippen molar-refractivity contribution in [1.82, 2.24) is 4.57 Å². The van der Waals surface area contributed by atoms with Gasteiger partial charge in [-0.1, -0.05) is 18.2 Å². The predicted molar refractivity (Wildman–Crippen MR) is 247 cm³/mol. The average Bonchev–Trinajstić information content (AvgIpc) is 3.66. The van der Waals surface area contributed by atoms with Crippen molar-refractivity contribution in [1.29, 1.82) is 0 Å². The number of ether oxygens (including phenoxy) is 2. The van der Waals surface area contributed by atoms with Gasteiger partial charge in [-0.05, 0) is 118 Å². The SMILES string of the molecule is C#CC#CC#CC#CC#CC#CC#CC#CC#CC#CC#COc1cc(Cn2cc(C=O)c3ccccc32)cc(OC#CC#CC#CC#CC#CC#CC#CC#CC#CC#CC#C)c1. The van der Waals surface area contributed by atoms with Gasteiger partial charge in [0, 0.05) is 177 Å². The molecule has 3 rings (SSSR count). The van der Waals surface area contributed by atoms with Gasteiger partial charge >= 0.3 is 0 Å². The molecular weight excluding hydrogens is 783 g/mol. The van der Waals surface area contributed by atoms with Crippen molar-refractivity contribution in [2.75, 3.05) is 0 Å². The van der Waals surface area contributed by atoms with Gasteiger partial charge in [-0.25, -0.2) is 0 Å². The van der Waals surface area contributed by atoms with E-state index in [2.05, 4.69) is 249 Å². The van der Waals surface area contributed by atoms with Crippen LogP contribution in [0.3, 0.4) is 0 Å². The molecule has 4 nitrogen and oxygen atoms in total. The molecule has 0 amide bonds. The molecule has 1 heterocycles.